The second-order valence-electron chi connectivity index (χ2n) is 7.27. The summed E-state index contributed by atoms with van der Waals surface area (Å²) in [6, 6.07) is 13.3. The molecule has 11 heteroatoms. The molecule has 2 aromatic carbocycles. The van der Waals surface area contributed by atoms with Gasteiger partial charge in [0.2, 0.25) is 5.95 Å². The number of nitrogens with zero attached hydrogens (tertiary/aromatic N) is 3. The van der Waals surface area contributed by atoms with Gasteiger partial charge in [-0.05, 0) is 31.0 Å². The average molecular weight is 461 g/mol. The summed E-state index contributed by atoms with van der Waals surface area (Å²) in [6.07, 6.45) is -3.99. The highest BCUT2D eigenvalue weighted by Gasteiger charge is 2.31. The van der Waals surface area contributed by atoms with Crippen LogP contribution in [0.3, 0.4) is 0 Å². The Morgan fingerprint density at radius 1 is 1.12 bits per heavy atom. The van der Waals surface area contributed by atoms with E-state index in [1.165, 1.54) is 30.3 Å². The number of hydrogen-bond donors (Lipinski definition) is 2. The number of halogens is 3. The van der Waals surface area contributed by atoms with E-state index in [4.69, 9.17) is 0 Å². The van der Waals surface area contributed by atoms with Crippen molar-refractivity contribution in [3.63, 3.8) is 0 Å². The molecule has 1 atom stereocenters. The molecule has 3 rings (SSSR count). The lowest BCUT2D eigenvalue weighted by Gasteiger charge is -2.15. The Morgan fingerprint density at radius 2 is 1.85 bits per heavy atom. The largest absolute Gasteiger partial charge is 0.573 e. The van der Waals surface area contributed by atoms with Gasteiger partial charge in [-0.3, -0.25) is 10.1 Å². The molecule has 1 aromatic heterocycles. The predicted molar refractivity (Wildman–Crippen MR) is 118 cm³/mol. The lowest BCUT2D eigenvalue weighted by atomic mass is 10.1. The third-order valence-corrected chi connectivity index (χ3v) is 4.70. The van der Waals surface area contributed by atoms with Crippen molar-refractivity contribution in [2.45, 2.75) is 39.2 Å². The van der Waals surface area contributed by atoms with E-state index in [0.717, 1.165) is 12.0 Å². The van der Waals surface area contributed by atoms with Gasteiger partial charge in [-0.2, -0.15) is 4.98 Å². The molecule has 0 aliphatic carbocycles. The molecule has 0 amide bonds. The molecular formula is C22H22F3N5O3. The summed E-state index contributed by atoms with van der Waals surface area (Å²) in [6.45, 7) is 4.28. The van der Waals surface area contributed by atoms with Crippen molar-refractivity contribution in [2.24, 2.45) is 0 Å². The highest BCUT2D eigenvalue weighted by Crippen LogP contribution is 2.29. The Balaban J connectivity index is 1.87. The van der Waals surface area contributed by atoms with Crippen molar-refractivity contribution < 1.29 is 22.8 Å². The molecule has 3 aromatic rings. The molecular weight excluding hydrogens is 439 g/mol. The normalized spacial score (nSPS) is 12.2. The zero-order valence-electron chi connectivity index (χ0n) is 17.9. The van der Waals surface area contributed by atoms with Crippen LogP contribution in [0.1, 0.15) is 25.8 Å². The minimum Gasteiger partial charge on any atom is -0.406 e. The number of non-ortho nitro benzene ring substituents is 1. The number of rotatable bonds is 9. The number of alkyl halides is 3. The number of aromatic nitrogens is 2. The fourth-order valence-electron chi connectivity index (χ4n) is 2.85. The second-order valence-corrected chi connectivity index (χ2v) is 7.27. The van der Waals surface area contributed by atoms with Gasteiger partial charge >= 0.3 is 6.36 Å². The van der Waals surface area contributed by atoms with Crippen molar-refractivity contribution in [2.75, 3.05) is 10.6 Å². The van der Waals surface area contributed by atoms with Crippen molar-refractivity contribution in [1.82, 2.24) is 9.97 Å². The summed E-state index contributed by atoms with van der Waals surface area (Å²) in [5, 5.41) is 17.1. The van der Waals surface area contributed by atoms with Crippen LogP contribution in [-0.4, -0.2) is 27.3 Å². The molecule has 8 nitrogen and oxygen atoms in total. The Labute approximate surface area is 188 Å². The number of ether oxygens (including phenoxy) is 1. The van der Waals surface area contributed by atoms with Gasteiger partial charge < -0.3 is 15.4 Å². The number of nitro benzene ring substituents is 1. The lowest BCUT2D eigenvalue weighted by molar-refractivity contribution is -0.384. The van der Waals surface area contributed by atoms with E-state index in [1.807, 2.05) is 13.8 Å². The number of hydrogen-bond acceptors (Lipinski definition) is 7. The van der Waals surface area contributed by atoms with Gasteiger partial charge in [0, 0.05) is 36.3 Å². The van der Waals surface area contributed by atoms with Crippen molar-refractivity contribution in [3.05, 3.63) is 70.3 Å². The van der Waals surface area contributed by atoms with Gasteiger partial charge in [-0.15, -0.1) is 13.2 Å². The molecule has 174 valence electrons. The van der Waals surface area contributed by atoms with Gasteiger partial charge in [-0.25, -0.2) is 4.98 Å². The van der Waals surface area contributed by atoms with Crippen LogP contribution in [0.15, 0.2) is 54.6 Å². The molecule has 0 saturated heterocycles. The van der Waals surface area contributed by atoms with E-state index in [-0.39, 0.29) is 17.5 Å². The molecule has 0 fully saturated rings. The predicted octanol–water partition coefficient (Wildman–Crippen LogP) is 5.77. The zero-order chi connectivity index (χ0) is 24.0. The first-order valence-electron chi connectivity index (χ1n) is 10.1. The summed E-state index contributed by atoms with van der Waals surface area (Å²) >= 11 is 0. The maximum Gasteiger partial charge on any atom is 0.573 e. The smallest absolute Gasteiger partial charge is 0.406 e. The Bertz CT molecular complexity index is 1110. The topological polar surface area (TPSA) is 102 Å². The molecule has 33 heavy (non-hydrogen) atoms. The second kappa shape index (κ2) is 10.2. The maximum atomic E-state index is 12.6. The highest BCUT2D eigenvalue weighted by atomic mass is 19.4. The summed E-state index contributed by atoms with van der Waals surface area (Å²) in [5.41, 5.74) is 1.60. The van der Waals surface area contributed by atoms with Crippen LogP contribution in [0, 0.1) is 10.1 Å². The average Bonchev–Trinajstić information content (AvgIpc) is 2.76. The first-order chi connectivity index (χ1) is 15.6. The third kappa shape index (κ3) is 7.06. The first kappa shape index (κ1) is 23.8. The molecule has 1 heterocycles. The Morgan fingerprint density at radius 3 is 2.48 bits per heavy atom. The fraction of sp³-hybridized carbons (Fsp3) is 0.273. The van der Waals surface area contributed by atoms with Crippen LogP contribution in [-0.2, 0) is 6.54 Å². The van der Waals surface area contributed by atoms with E-state index in [9.17, 15) is 23.3 Å². The van der Waals surface area contributed by atoms with E-state index < -0.39 is 11.3 Å². The first-order valence-corrected chi connectivity index (χ1v) is 10.1. The SMILES string of the molecule is CC[C@@H](C)Nc1nc(NCc2ccc([N+](=O)[O-])cc2)cc(-c2cccc(OC(F)(F)F)c2)n1. The molecule has 0 saturated carbocycles. The van der Waals surface area contributed by atoms with E-state index in [0.29, 0.717) is 29.6 Å². The van der Waals surface area contributed by atoms with Gasteiger partial charge in [0.25, 0.3) is 5.69 Å². The Hall–Kier alpha value is -3.89. The minimum atomic E-state index is -4.80. The zero-order valence-corrected chi connectivity index (χ0v) is 17.9. The maximum absolute atomic E-state index is 12.6. The number of nitro groups is 1. The summed E-state index contributed by atoms with van der Waals surface area (Å²) < 4.78 is 41.9. The van der Waals surface area contributed by atoms with E-state index >= 15 is 0 Å². The van der Waals surface area contributed by atoms with Gasteiger partial charge in [0.05, 0.1) is 10.6 Å². The number of nitrogens with one attached hydrogen (secondary N) is 2. The Kier molecular flexibility index (Phi) is 7.31. The van der Waals surface area contributed by atoms with Crippen molar-refractivity contribution in [1.29, 1.82) is 0 Å². The van der Waals surface area contributed by atoms with Gasteiger partial charge in [0.15, 0.2) is 0 Å². The monoisotopic (exact) mass is 461 g/mol. The van der Waals surface area contributed by atoms with E-state index in [2.05, 4.69) is 25.3 Å². The van der Waals surface area contributed by atoms with Crippen LogP contribution in [0.25, 0.3) is 11.3 Å². The lowest BCUT2D eigenvalue weighted by Crippen LogP contribution is -2.17. The number of benzene rings is 2. The highest BCUT2D eigenvalue weighted by molar-refractivity contribution is 5.66. The standard InChI is InChI=1S/C22H22F3N5O3/c1-3-14(2)27-21-28-19(16-5-4-6-18(11-16)33-22(23,24)25)12-20(29-21)26-13-15-7-9-17(10-8-15)30(31)32/h4-12,14H,3,13H2,1-2H3,(H2,26,27,28,29)/t14-/m1/s1. The van der Waals surface area contributed by atoms with Crippen LogP contribution in [0.2, 0.25) is 0 Å². The van der Waals surface area contributed by atoms with Crippen molar-refractivity contribution in [3.8, 4) is 17.0 Å². The minimum absolute atomic E-state index is 0.0101. The summed E-state index contributed by atoms with van der Waals surface area (Å²) in [4.78, 5) is 19.2. The number of anilines is 2. The molecule has 0 spiro atoms. The van der Waals surface area contributed by atoms with Crippen LogP contribution in [0.5, 0.6) is 5.75 Å². The summed E-state index contributed by atoms with van der Waals surface area (Å²) in [5.74, 6) is 0.400. The van der Waals surface area contributed by atoms with Crippen LogP contribution < -0.4 is 15.4 Å². The quantitative estimate of drug-likeness (QED) is 0.308. The molecule has 0 radical (unpaired) electrons. The van der Waals surface area contributed by atoms with Crippen molar-refractivity contribution >= 4 is 17.5 Å². The molecule has 0 unspecified atom stereocenters. The molecule has 2 N–H and O–H groups in total. The molecule has 0 bridgehead atoms. The van der Waals surface area contributed by atoms with Crippen LogP contribution >= 0.6 is 0 Å². The third-order valence-electron chi connectivity index (χ3n) is 4.70. The molecule has 0 aliphatic rings. The molecule has 0 aliphatic heterocycles. The van der Waals surface area contributed by atoms with Gasteiger partial charge in [-0.1, -0.05) is 31.2 Å². The van der Waals surface area contributed by atoms with E-state index in [1.54, 1.807) is 24.3 Å². The fourth-order valence-corrected chi connectivity index (χ4v) is 2.85. The summed E-state index contributed by atoms with van der Waals surface area (Å²) in [7, 11) is 0. The van der Waals surface area contributed by atoms with Gasteiger partial charge in [0.1, 0.15) is 11.6 Å². The van der Waals surface area contributed by atoms with Crippen LogP contribution in [0.4, 0.5) is 30.6 Å².